The molecule has 2 aromatic heterocycles. The molecule has 3 aromatic rings. The molecule has 2 heterocycles. The smallest absolute Gasteiger partial charge is 0.410 e. The van der Waals surface area contributed by atoms with E-state index in [1.54, 1.807) is 18.8 Å². The predicted molar refractivity (Wildman–Crippen MR) is 173 cm³/mol. The van der Waals surface area contributed by atoms with Crippen LogP contribution in [0.2, 0.25) is 0 Å². The van der Waals surface area contributed by atoms with E-state index in [-0.39, 0.29) is 25.0 Å². The zero-order valence-electron chi connectivity index (χ0n) is 27.3. The van der Waals surface area contributed by atoms with Crippen LogP contribution in [0.4, 0.5) is 4.79 Å². The van der Waals surface area contributed by atoms with E-state index in [2.05, 4.69) is 21.7 Å². The van der Waals surface area contributed by atoms with Crippen LogP contribution in [0.5, 0.6) is 11.5 Å². The van der Waals surface area contributed by atoms with Gasteiger partial charge in [0, 0.05) is 49.8 Å². The fraction of sp³-hybridized carbons (Fsp3) is 0.485. The third kappa shape index (κ3) is 12.1. The fourth-order valence-electron chi connectivity index (χ4n) is 4.05. The molecule has 0 aliphatic heterocycles. The summed E-state index contributed by atoms with van der Waals surface area (Å²) in [7, 11) is 4.59. The van der Waals surface area contributed by atoms with Gasteiger partial charge in [-0.3, -0.25) is 9.59 Å². The highest BCUT2D eigenvalue weighted by Crippen LogP contribution is 2.30. The van der Waals surface area contributed by atoms with Gasteiger partial charge in [0.05, 0.1) is 32.0 Å². The third-order valence-electron chi connectivity index (χ3n) is 6.58. The van der Waals surface area contributed by atoms with Crippen LogP contribution in [0.15, 0.2) is 49.2 Å². The zero-order chi connectivity index (χ0) is 33.2. The number of ether oxygens (including phenoxy) is 4. The van der Waals surface area contributed by atoms with Crippen LogP contribution >= 0.6 is 0 Å². The topological polar surface area (TPSA) is 134 Å². The van der Waals surface area contributed by atoms with Crippen LogP contribution in [0.1, 0.15) is 58.1 Å². The summed E-state index contributed by atoms with van der Waals surface area (Å²) in [6, 6.07) is 9.41. The number of carbonyl (C=O) groups excluding carboxylic acids is 3. The van der Waals surface area contributed by atoms with E-state index in [9.17, 15) is 9.59 Å². The van der Waals surface area contributed by atoms with Gasteiger partial charge in [-0.05, 0) is 57.2 Å². The second kappa shape index (κ2) is 19.6. The number of rotatable bonds is 15. The molecule has 45 heavy (non-hydrogen) atoms. The largest absolute Gasteiger partial charge is 0.497 e. The summed E-state index contributed by atoms with van der Waals surface area (Å²) in [5.41, 5.74) is 1.55. The van der Waals surface area contributed by atoms with Crippen molar-refractivity contribution in [3.63, 3.8) is 0 Å². The minimum Gasteiger partial charge on any atom is -0.497 e. The molecule has 12 heteroatoms. The van der Waals surface area contributed by atoms with Crippen molar-refractivity contribution in [2.45, 2.75) is 71.4 Å². The number of amides is 2. The Morgan fingerprint density at radius 2 is 1.91 bits per heavy atom. The Kier molecular flexibility index (Phi) is 16.0. The summed E-state index contributed by atoms with van der Waals surface area (Å²) in [6.07, 6.45) is 6.94. The first-order valence-corrected chi connectivity index (χ1v) is 15.2. The maximum Gasteiger partial charge on any atom is 0.410 e. The molecule has 1 fully saturated rings. The van der Waals surface area contributed by atoms with Crippen molar-refractivity contribution >= 4 is 29.4 Å². The molecule has 0 saturated heterocycles. The third-order valence-corrected chi connectivity index (χ3v) is 6.58. The summed E-state index contributed by atoms with van der Waals surface area (Å²) < 4.78 is 22.7. The molecule has 1 atom stereocenters. The number of methoxy groups -OCH3 is 2. The number of unbranched alkanes of at least 4 members (excludes halogenated alkanes) is 2. The summed E-state index contributed by atoms with van der Waals surface area (Å²) in [6.45, 7) is 10.7. The van der Waals surface area contributed by atoms with Gasteiger partial charge in [-0.1, -0.05) is 19.9 Å². The van der Waals surface area contributed by atoms with Crippen LogP contribution in [0.3, 0.4) is 0 Å². The first-order valence-electron chi connectivity index (χ1n) is 15.2. The quantitative estimate of drug-likeness (QED) is 0.134. The maximum atomic E-state index is 12.9. The number of allylic oxidation sites excluding steroid dienone is 1. The van der Waals surface area contributed by atoms with Crippen LogP contribution < -0.4 is 14.8 Å². The molecule has 1 aliphatic rings. The van der Waals surface area contributed by atoms with Crippen LogP contribution in [0.25, 0.3) is 16.7 Å². The van der Waals surface area contributed by atoms with Crippen molar-refractivity contribution in [1.29, 1.82) is 0 Å². The molecule has 1 unspecified atom stereocenters. The molecule has 0 bridgehead atoms. The molecule has 1 N–H and O–H groups in total. The van der Waals surface area contributed by atoms with Crippen LogP contribution in [-0.2, 0) is 19.1 Å². The average molecular weight is 626 g/mol. The van der Waals surface area contributed by atoms with Gasteiger partial charge < -0.3 is 29.2 Å². The number of nitrogens with zero attached hydrogens (tertiary/aromatic N) is 4. The second-order valence-electron chi connectivity index (χ2n) is 10.1. The van der Waals surface area contributed by atoms with E-state index in [1.165, 1.54) is 12.0 Å². The van der Waals surface area contributed by atoms with Crippen LogP contribution in [0, 0.1) is 6.92 Å². The highest BCUT2D eigenvalue weighted by Gasteiger charge is 2.30. The lowest BCUT2D eigenvalue weighted by Crippen LogP contribution is -2.42. The summed E-state index contributed by atoms with van der Waals surface area (Å²) in [4.78, 5) is 40.8. The summed E-state index contributed by atoms with van der Waals surface area (Å²) >= 11 is 0. The first-order chi connectivity index (χ1) is 21.8. The number of aromatic nitrogens is 3. The van der Waals surface area contributed by atoms with E-state index in [1.807, 2.05) is 63.4 Å². The molecular weight excluding hydrogens is 578 g/mol. The number of fused-ring (bicyclic) bond motifs is 1. The van der Waals surface area contributed by atoms with E-state index >= 15 is 0 Å². The number of carbonyl (C=O) groups is 3. The maximum absolute atomic E-state index is 12.9. The molecule has 0 radical (unpaired) electrons. The van der Waals surface area contributed by atoms with Crippen molar-refractivity contribution in [1.82, 2.24) is 25.0 Å². The highest BCUT2D eigenvalue weighted by molar-refractivity contribution is 5.87. The van der Waals surface area contributed by atoms with Gasteiger partial charge in [0.15, 0.2) is 11.9 Å². The van der Waals surface area contributed by atoms with Crippen molar-refractivity contribution in [3.8, 4) is 17.3 Å². The Labute approximate surface area is 265 Å². The number of pyridine rings is 1. The fourth-order valence-corrected chi connectivity index (χ4v) is 4.05. The first kappa shape index (κ1) is 36.6. The lowest BCUT2D eigenvalue weighted by atomic mass is 10.2. The molecule has 1 saturated carbocycles. The monoisotopic (exact) mass is 625 g/mol. The van der Waals surface area contributed by atoms with E-state index in [0.717, 1.165) is 43.2 Å². The highest BCUT2D eigenvalue weighted by atomic mass is 16.6. The molecule has 1 aliphatic carbocycles. The van der Waals surface area contributed by atoms with E-state index < -0.39 is 12.2 Å². The Bertz CT molecular complexity index is 1370. The van der Waals surface area contributed by atoms with Gasteiger partial charge in [0.25, 0.3) is 12.4 Å². The van der Waals surface area contributed by atoms with Gasteiger partial charge >= 0.3 is 6.09 Å². The zero-order valence-corrected chi connectivity index (χ0v) is 27.3. The van der Waals surface area contributed by atoms with Gasteiger partial charge in [-0.2, -0.15) is 5.10 Å². The Morgan fingerprint density at radius 1 is 1.18 bits per heavy atom. The lowest BCUT2D eigenvalue weighted by molar-refractivity contribution is -0.130. The second-order valence-corrected chi connectivity index (χ2v) is 10.1. The molecule has 12 nitrogen and oxygen atoms in total. The number of hydrogen-bond donors (Lipinski definition) is 1. The minimum absolute atomic E-state index is 0.149. The SMILES string of the molecule is C=CCCCCN(C)C(=O)OC(CCOc1cc(-n2ccc(C)n2)nc2cc(OC)ccc12)C(=O)NC1CC1.CC.COC=O. The van der Waals surface area contributed by atoms with E-state index in [4.69, 9.17) is 24.0 Å². The van der Waals surface area contributed by atoms with Gasteiger partial charge in [-0.15, -0.1) is 6.58 Å². The van der Waals surface area contributed by atoms with Crippen molar-refractivity contribution in [2.24, 2.45) is 0 Å². The number of hydrogen-bond acceptors (Lipinski definition) is 9. The van der Waals surface area contributed by atoms with Crippen molar-refractivity contribution in [2.75, 3.05) is 34.4 Å². The number of benzene rings is 1. The molecule has 1 aromatic carbocycles. The standard InChI is InChI=1S/C29H37N5O5.C2H4O2.C2H6/c1-5-6-7-8-15-33(3)29(36)39-25(28(35)30-21-9-10-21)14-17-38-26-19-27(34-16-13-20(2)32-34)31-24-18-22(37-4)11-12-23(24)26;1-4-2-3;1-2/h5,11-13,16,18-19,21,25H,1,6-10,14-15,17H2,2-4H3,(H,30,35);2H,1H3;1-2H3. The van der Waals surface area contributed by atoms with Crippen molar-refractivity contribution < 1.29 is 33.3 Å². The summed E-state index contributed by atoms with van der Waals surface area (Å²) in [5, 5.41) is 8.20. The van der Waals surface area contributed by atoms with Gasteiger partial charge in [0.1, 0.15) is 11.5 Å². The molecular formula is C33H47N5O7. The van der Waals surface area contributed by atoms with Gasteiger partial charge in [0.2, 0.25) is 0 Å². The Morgan fingerprint density at radius 3 is 2.51 bits per heavy atom. The minimum atomic E-state index is -0.963. The lowest BCUT2D eigenvalue weighted by Gasteiger charge is -2.22. The van der Waals surface area contributed by atoms with Crippen molar-refractivity contribution in [3.05, 3.63) is 54.9 Å². The van der Waals surface area contributed by atoms with Crippen LogP contribution in [-0.4, -0.2) is 84.7 Å². The molecule has 2 amide bonds. The van der Waals surface area contributed by atoms with E-state index in [0.29, 0.717) is 35.9 Å². The molecule has 4 rings (SSSR count). The number of aryl methyl sites for hydroxylation is 1. The summed E-state index contributed by atoms with van der Waals surface area (Å²) in [5.74, 6) is 1.54. The Balaban J connectivity index is 0.00000109. The number of nitrogens with one attached hydrogen (secondary N) is 1. The Hall–Kier alpha value is -4.61. The van der Waals surface area contributed by atoms with Gasteiger partial charge in [-0.25, -0.2) is 14.5 Å². The predicted octanol–water partition coefficient (Wildman–Crippen LogP) is 5.39. The molecule has 0 spiro atoms. The average Bonchev–Trinajstić information content (AvgIpc) is 3.77. The normalized spacial score (nSPS) is 12.3. The molecule has 246 valence electrons.